The molecular weight excluding hydrogens is 424 g/mol. The molecule has 2 aliphatic carbocycles. The van der Waals surface area contributed by atoms with Gasteiger partial charge in [-0.1, -0.05) is 70.2 Å². The molecule has 2 amide bonds. The second kappa shape index (κ2) is 9.20. The summed E-state index contributed by atoms with van der Waals surface area (Å²) in [5.74, 6) is 0.384. The van der Waals surface area contributed by atoms with Crippen LogP contribution in [-0.2, 0) is 11.3 Å². The minimum Gasteiger partial charge on any atom is -0.351 e. The summed E-state index contributed by atoms with van der Waals surface area (Å²) in [5, 5.41) is 8.14. The number of carbonyl (C=O) groups is 2. The van der Waals surface area contributed by atoms with Crippen molar-refractivity contribution in [3.8, 4) is 11.3 Å². The lowest BCUT2D eigenvalue weighted by atomic mass is 9.90. The van der Waals surface area contributed by atoms with Crippen molar-refractivity contribution in [2.24, 2.45) is 0 Å². The van der Waals surface area contributed by atoms with Gasteiger partial charge in [-0.15, -0.1) is 0 Å². The Labute approximate surface area is 203 Å². The fourth-order valence-corrected chi connectivity index (χ4v) is 6.10. The second-order valence-corrected chi connectivity index (χ2v) is 11.0. The molecule has 182 valence electrons. The van der Waals surface area contributed by atoms with Crippen LogP contribution in [0.2, 0.25) is 0 Å². The van der Waals surface area contributed by atoms with Gasteiger partial charge in [-0.3, -0.25) is 14.3 Å². The molecule has 6 nitrogen and oxygen atoms in total. The van der Waals surface area contributed by atoms with Gasteiger partial charge in [-0.05, 0) is 50.2 Å². The van der Waals surface area contributed by atoms with Crippen LogP contribution in [0.5, 0.6) is 0 Å². The van der Waals surface area contributed by atoms with E-state index in [-0.39, 0.29) is 23.9 Å². The molecule has 1 aromatic carbocycles. The average molecular weight is 463 g/mol. The highest BCUT2D eigenvalue weighted by atomic mass is 16.2. The summed E-state index contributed by atoms with van der Waals surface area (Å²) in [5.41, 5.74) is 2.74. The van der Waals surface area contributed by atoms with Crippen LogP contribution < -0.4 is 5.32 Å². The van der Waals surface area contributed by atoms with Gasteiger partial charge in [-0.2, -0.15) is 5.10 Å². The minimum absolute atomic E-state index is 0.0244. The van der Waals surface area contributed by atoms with Crippen molar-refractivity contribution in [1.29, 1.82) is 0 Å². The summed E-state index contributed by atoms with van der Waals surface area (Å²) in [7, 11) is 0. The quantitative estimate of drug-likeness (QED) is 0.657. The fourth-order valence-electron chi connectivity index (χ4n) is 6.10. The predicted octanol–water partition coefficient (Wildman–Crippen LogP) is 5.28. The highest BCUT2D eigenvalue weighted by molar-refractivity contribution is 6.00. The molecule has 2 saturated carbocycles. The molecule has 2 heterocycles. The van der Waals surface area contributed by atoms with Crippen molar-refractivity contribution in [2.75, 3.05) is 0 Å². The van der Waals surface area contributed by atoms with Crippen LogP contribution in [0, 0.1) is 0 Å². The van der Waals surface area contributed by atoms with E-state index in [1.165, 1.54) is 12.0 Å². The summed E-state index contributed by atoms with van der Waals surface area (Å²) in [4.78, 5) is 29.5. The summed E-state index contributed by atoms with van der Waals surface area (Å²) >= 11 is 0. The molecule has 6 heteroatoms. The maximum Gasteiger partial charge on any atom is 0.273 e. The average Bonchev–Trinajstić information content (AvgIpc) is 3.50. The largest absolute Gasteiger partial charge is 0.351 e. The zero-order valence-corrected chi connectivity index (χ0v) is 20.8. The monoisotopic (exact) mass is 462 g/mol. The molecule has 0 spiro atoms. The smallest absolute Gasteiger partial charge is 0.273 e. The third kappa shape index (κ3) is 4.16. The Morgan fingerprint density at radius 2 is 1.68 bits per heavy atom. The van der Waals surface area contributed by atoms with Crippen LogP contribution in [0.4, 0.5) is 0 Å². The van der Waals surface area contributed by atoms with Crippen molar-refractivity contribution >= 4 is 11.8 Å². The van der Waals surface area contributed by atoms with Crippen LogP contribution in [-0.4, -0.2) is 44.1 Å². The van der Waals surface area contributed by atoms with Crippen molar-refractivity contribution < 1.29 is 9.59 Å². The molecular formula is C28H38N4O2. The van der Waals surface area contributed by atoms with Crippen molar-refractivity contribution in [1.82, 2.24) is 20.0 Å². The number of rotatable bonds is 5. The Morgan fingerprint density at radius 1 is 1.03 bits per heavy atom. The van der Waals surface area contributed by atoms with E-state index in [1.54, 1.807) is 4.68 Å². The Kier molecular flexibility index (Phi) is 6.26. The van der Waals surface area contributed by atoms with Gasteiger partial charge in [0.2, 0.25) is 5.91 Å². The van der Waals surface area contributed by atoms with Crippen LogP contribution in [0.1, 0.15) is 101 Å². The Bertz CT molecular complexity index is 1040. The maximum atomic E-state index is 13.9. The highest BCUT2D eigenvalue weighted by Gasteiger charge is 2.51. The SMILES string of the molecule is CC(C)c1ccc(-c2cc3n(n2)CC(C)(C(=O)NC2CCCCC2)N(C2CCCC2)C3=O)cc1. The molecule has 1 aromatic heterocycles. The number of hydrogen-bond acceptors (Lipinski definition) is 3. The van der Waals surface area contributed by atoms with Gasteiger partial charge in [0.1, 0.15) is 11.2 Å². The van der Waals surface area contributed by atoms with Gasteiger partial charge in [-0.25, -0.2) is 0 Å². The molecule has 1 aliphatic heterocycles. The number of amides is 2. The van der Waals surface area contributed by atoms with Crippen molar-refractivity contribution in [2.45, 2.75) is 109 Å². The molecule has 1 unspecified atom stereocenters. The zero-order chi connectivity index (χ0) is 23.9. The first-order valence-corrected chi connectivity index (χ1v) is 13.2. The third-order valence-corrected chi connectivity index (χ3v) is 8.20. The van der Waals surface area contributed by atoms with E-state index in [0.29, 0.717) is 18.2 Å². The van der Waals surface area contributed by atoms with E-state index in [1.807, 2.05) is 17.9 Å². The highest BCUT2D eigenvalue weighted by Crippen LogP contribution is 2.37. The molecule has 0 saturated heterocycles. The number of hydrogen-bond donors (Lipinski definition) is 1. The molecule has 3 aliphatic rings. The number of nitrogens with one attached hydrogen (secondary N) is 1. The van der Waals surface area contributed by atoms with Gasteiger partial charge in [0.15, 0.2) is 0 Å². The number of carbonyl (C=O) groups excluding carboxylic acids is 2. The lowest BCUT2D eigenvalue weighted by molar-refractivity contribution is -0.135. The minimum atomic E-state index is -0.929. The third-order valence-electron chi connectivity index (χ3n) is 8.20. The summed E-state index contributed by atoms with van der Waals surface area (Å²) < 4.78 is 1.78. The van der Waals surface area contributed by atoms with Gasteiger partial charge in [0.25, 0.3) is 5.91 Å². The molecule has 2 aromatic rings. The van der Waals surface area contributed by atoms with E-state index in [9.17, 15) is 9.59 Å². The second-order valence-electron chi connectivity index (χ2n) is 11.0. The Balaban J connectivity index is 1.47. The summed E-state index contributed by atoms with van der Waals surface area (Å²) in [6.07, 6.45) is 9.79. The lowest BCUT2D eigenvalue weighted by Crippen LogP contribution is -2.67. The fraction of sp³-hybridized carbons (Fsp3) is 0.607. The maximum absolute atomic E-state index is 13.9. The van der Waals surface area contributed by atoms with Crippen LogP contribution in [0.15, 0.2) is 30.3 Å². The van der Waals surface area contributed by atoms with Crippen LogP contribution in [0.25, 0.3) is 11.3 Å². The molecule has 0 radical (unpaired) electrons. The first-order valence-electron chi connectivity index (χ1n) is 13.2. The zero-order valence-electron chi connectivity index (χ0n) is 20.8. The van der Waals surface area contributed by atoms with Gasteiger partial charge in [0, 0.05) is 17.6 Å². The standard InChI is InChI=1S/C28H38N4O2/c1-19(2)20-13-15-21(16-14-20)24-17-25-26(33)32(23-11-7-8-12-23)28(3,18-31(25)30-24)27(34)29-22-9-5-4-6-10-22/h13-17,19,22-23H,4-12,18H2,1-3H3,(H,29,34). The van der Waals surface area contributed by atoms with Gasteiger partial charge >= 0.3 is 0 Å². The summed E-state index contributed by atoms with van der Waals surface area (Å²) in [6.45, 7) is 6.70. The van der Waals surface area contributed by atoms with Gasteiger partial charge < -0.3 is 10.2 Å². The first-order chi connectivity index (χ1) is 16.4. The Morgan fingerprint density at radius 3 is 2.32 bits per heavy atom. The Hall–Kier alpha value is -2.63. The number of fused-ring (bicyclic) bond motifs is 1. The lowest BCUT2D eigenvalue weighted by Gasteiger charge is -2.47. The predicted molar refractivity (Wildman–Crippen MR) is 134 cm³/mol. The van der Waals surface area contributed by atoms with Crippen LogP contribution >= 0.6 is 0 Å². The number of aromatic nitrogens is 2. The topological polar surface area (TPSA) is 67.2 Å². The van der Waals surface area contributed by atoms with E-state index >= 15 is 0 Å². The first kappa shape index (κ1) is 23.1. The molecule has 5 rings (SSSR count). The van der Waals surface area contributed by atoms with E-state index in [0.717, 1.165) is 62.6 Å². The van der Waals surface area contributed by atoms with E-state index in [2.05, 4.69) is 43.4 Å². The van der Waals surface area contributed by atoms with Crippen molar-refractivity contribution in [3.63, 3.8) is 0 Å². The molecule has 1 atom stereocenters. The van der Waals surface area contributed by atoms with E-state index < -0.39 is 5.54 Å². The van der Waals surface area contributed by atoms with Crippen molar-refractivity contribution in [3.05, 3.63) is 41.6 Å². The number of benzene rings is 1. The summed E-state index contributed by atoms with van der Waals surface area (Å²) in [6, 6.07) is 10.7. The molecule has 1 N–H and O–H groups in total. The molecule has 2 fully saturated rings. The van der Waals surface area contributed by atoms with E-state index in [4.69, 9.17) is 5.10 Å². The molecule has 0 bridgehead atoms. The number of nitrogens with zero attached hydrogens (tertiary/aromatic N) is 3. The molecule has 34 heavy (non-hydrogen) atoms. The normalized spacial score (nSPS) is 24.0. The van der Waals surface area contributed by atoms with Gasteiger partial charge in [0.05, 0.1) is 12.2 Å². The van der Waals surface area contributed by atoms with Crippen LogP contribution in [0.3, 0.4) is 0 Å².